The summed E-state index contributed by atoms with van der Waals surface area (Å²) in [7, 11) is 1.89. The van der Waals surface area contributed by atoms with Crippen molar-refractivity contribution in [2.75, 3.05) is 7.05 Å². The first-order valence-electron chi connectivity index (χ1n) is 9.09. The van der Waals surface area contributed by atoms with Crippen LogP contribution in [0.1, 0.15) is 51.5 Å². The lowest BCUT2D eigenvalue weighted by Gasteiger charge is -2.39. The number of hydrogen-bond acceptors (Lipinski definition) is 4. The summed E-state index contributed by atoms with van der Waals surface area (Å²) < 4.78 is 5.51. The highest BCUT2D eigenvalue weighted by atomic mass is 35.5. The van der Waals surface area contributed by atoms with Crippen molar-refractivity contribution in [1.82, 2.24) is 4.90 Å². The molecule has 1 aromatic carbocycles. The first-order chi connectivity index (χ1) is 12.7. The minimum Gasteiger partial charge on any atom is -0.460 e. The van der Waals surface area contributed by atoms with Crippen LogP contribution in [0.5, 0.6) is 0 Å². The standard InChI is InChI=1S/C21H23Cl2NO3/c1-11(2)27-21(26)17-12(3)24(4)15-9-6-10-16(25)19(15)18(17)13-7-5-8-14(22)20(13)23/h5,7-8,11,18H,6,9-10H2,1-4H3. The molecule has 0 N–H and O–H groups in total. The number of ketones is 1. The van der Waals surface area contributed by atoms with E-state index in [9.17, 15) is 9.59 Å². The van der Waals surface area contributed by atoms with Crippen molar-refractivity contribution in [3.63, 3.8) is 0 Å². The molecule has 3 rings (SSSR count). The maximum absolute atomic E-state index is 13.0. The van der Waals surface area contributed by atoms with Crippen molar-refractivity contribution in [1.29, 1.82) is 0 Å². The largest absolute Gasteiger partial charge is 0.460 e. The molecule has 0 bridgehead atoms. The van der Waals surface area contributed by atoms with Gasteiger partial charge in [-0.3, -0.25) is 4.79 Å². The van der Waals surface area contributed by atoms with Gasteiger partial charge in [-0.2, -0.15) is 0 Å². The van der Waals surface area contributed by atoms with E-state index in [4.69, 9.17) is 27.9 Å². The van der Waals surface area contributed by atoms with Gasteiger partial charge in [-0.25, -0.2) is 4.79 Å². The molecule has 1 aliphatic heterocycles. The summed E-state index contributed by atoms with van der Waals surface area (Å²) in [6, 6.07) is 5.31. The lowest BCUT2D eigenvalue weighted by molar-refractivity contribution is -0.143. The molecule has 1 aliphatic carbocycles. The maximum Gasteiger partial charge on any atom is 0.337 e. The normalized spacial score (nSPS) is 20.3. The van der Waals surface area contributed by atoms with Gasteiger partial charge in [0, 0.05) is 36.4 Å². The van der Waals surface area contributed by atoms with E-state index in [1.807, 2.05) is 24.9 Å². The molecule has 144 valence electrons. The van der Waals surface area contributed by atoms with Crippen LogP contribution in [-0.4, -0.2) is 29.8 Å². The van der Waals surface area contributed by atoms with Gasteiger partial charge < -0.3 is 9.64 Å². The van der Waals surface area contributed by atoms with Crippen LogP contribution >= 0.6 is 23.2 Å². The highest BCUT2D eigenvalue weighted by molar-refractivity contribution is 6.42. The molecule has 0 amide bonds. The van der Waals surface area contributed by atoms with Crippen molar-refractivity contribution in [2.45, 2.75) is 52.1 Å². The van der Waals surface area contributed by atoms with Gasteiger partial charge >= 0.3 is 5.97 Å². The Labute approximate surface area is 169 Å². The molecule has 2 aliphatic rings. The second kappa shape index (κ2) is 7.69. The Morgan fingerprint density at radius 1 is 1.26 bits per heavy atom. The fourth-order valence-electron chi connectivity index (χ4n) is 3.86. The van der Waals surface area contributed by atoms with Crippen LogP contribution in [0.25, 0.3) is 0 Å². The fourth-order valence-corrected chi connectivity index (χ4v) is 4.27. The number of Topliss-reactive ketones (excluding diaryl/α,β-unsaturated/α-hetero) is 1. The third-order valence-corrected chi connectivity index (χ3v) is 5.99. The van der Waals surface area contributed by atoms with Crippen molar-refractivity contribution in [2.24, 2.45) is 0 Å². The van der Waals surface area contributed by atoms with E-state index in [1.165, 1.54) is 0 Å². The van der Waals surface area contributed by atoms with Crippen molar-refractivity contribution in [3.8, 4) is 0 Å². The van der Waals surface area contributed by atoms with Gasteiger partial charge in [-0.05, 0) is 45.2 Å². The molecular weight excluding hydrogens is 385 g/mol. The Morgan fingerprint density at radius 3 is 2.63 bits per heavy atom. The second-order valence-electron chi connectivity index (χ2n) is 7.23. The smallest absolute Gasteiger partial charge is 0.337 e. The van der Waals surface area contributed by atoms with Gasteiger partial charge in [0.1, 0.15) is 0 Å². The Morgan fingerprint density at radius 2 is 1.96 bits per heavy atom. The number of hydrogen-bond donors (Lipinski definition) is 0. The van der Waals surface area contributed by atoms with Crippen LogP contribution in [0.3, 0.4) is 0 Å². The lowest BCUT2D eigenvalue weighted by Crippen LogP contribution is -2.36. The summed E-state index contributed by atoms with van der Waals surface area (Å²) in [6.07, 6.45) is 1.79. The minimum atomic E-state index is -0.568. The third-order valence-electron chi connectivity index (χ3n) is 5.16. The molecule has 1 atom stereocenters. The monoisotopic (exact) mass is 407 g/mol. The molecule has 27 heavy (non-hydrogen) atoms. The average Bonchev–Trinajstić information content (AvgIpc) is 2.60. The van der Waals surface area contributed by atoms with Gasteiger partial charge in [0.05, 0.1) is 21.7 Å². The Bertz CT molecular complexity index is 870. The molecule has 4 nitrogen and oxygen atoms in total. The molecule has 6 heteroatoms. The van der Waals surface area contributed by atoms with E-state index in [2.05, 4.69) is 0 Å². The predicted molar refractivity (Wildman–Crippen MR) is 107 cm³/mol. The summed E-state index contributed by atoms with van der Waals surface area (Å²) >= 11 is 12.8. The summed E-state index contributed by atoms with van der Waals surface area (Å²) in [5, 5.41) is 0.759. The predicted octanol–water partition coefficient (Wildman–Crippen LogP) is 5.26. The number of nitrogens with zero attached hydrogens (tertiary/aromatic N) is 1. The molecule has 0 spiro atoms. The Hall–Kier alpha value is -1.78. The van der Waals surface area contributed by atoms with Gasteiger partial charge in [-0.1, -0.05) is 35.3 Å². The van der Waals surface area contributed by atoms with Gasteiger partial charge in [0.15, 0.2) is 5.78 Å². The zero-order chi connectivity index (χ0) is 19.9. The quantitative estimate of drug-likeness (QED) is 0.641. The van der Waals surface area contributed by atoms with E-state index in [0.29, 0.717) is 33.2 Å². The summed E-state index contributed by atoms with van der Waals surface area (Å²) in [5.41, 5.74) is 3.47. The summed E-state index contributed by atoms with van der Waals surface area (Å²) in [5.74, 6) is -0.951. The SMILES string of the molecule is CC1=C(C(=O)OC(C)C)C(c2cccc(Cl)c2Cl)C2=C(CCCC2=O)N1C. The number of esters is 1. The number of carbonyl (C=O) groups excluding carboxylic acids is 2. The summed E-state index contributed by atoms with van der Waals surface area (Å²) in [6.45, 7) is 5.49. The Kier molecular flexibility index (Phi) is 5.68. The number of ether oxygens (including phenoxy) is 1. The van der Waals surface area contributed by atoms with Crippen molar-refractivity contribution in [3.05, 3.63) is 56.3 Å². The Balaban J connectivity index is 2.26. The zero-order valence-electron chi connectivity index (χ0n) is 15.9. The number of rotatable bonds is 3. The van der Waals surface area contributed by atoms with Crippen molar-refractivity contribution < 1.29 is 14.3 Å². The number of carbonyl (C=O) groups is 2. The van der Waals surface area contributed by atoms with E-state index < -0.39 is 11.9 Å². The van der Waals surface area contributed by atoms with Gasteiger partial charge in [-0.15, -0.1) is 0 Å². The van der Waals surface area contributed by atoms with Gasteiger partial charge in [0.25, 0.3) is 0 Å². The van der Waals surface area contributed by atoms with Crippen LogP contribution < -0.4 is 0 Å². The molecule has 0 radical (unpaired) electrons. The second-order valence-corrected chi connectivity index (χ2v) is 8.01. The van der Waals surface area contributed by atoms with Crippen LogP contribution in [0.15, 0.2) is 40.7 Å². The fraction of sp³-hybridized carbons (Fsp3) is 0.429. The summed E-state index contributed by atoms with van der Waals surface area (Å²) in [4.78, 5) is 27.9. The number of benzene rings is 1. The number of halogens is 2. The topological polar surface area (TPSA) is 46.6 Å². The average molecular weight is 408 g/mol. The molecule has 0 saturated carbocycles. The van der Waals surface area contributed by atoms with Gasteiger partial charge in [0.2, 0.25) is 0 Å². The van der Waals surface area contributed by atoms with E-state index in [-0.39, 0.29) is 11.9 Å². The van der Waals surface area contributed by atoms with E-state index >= 15 is 0 Å². The molecule has 1 heterocycles. The highest BCUT2D eigenvalue weighted by Crippen LogP contribution is 2.48. The first kappa shape index (κ1) is 20.0. The van der Waals surface area contributed by atoms with E-state index in [1.54, 1.807) is 26.0 Å². The third kappa shape index (κ3) is 3.53. The maximum atomic E-state index is 13.0. The molecule has 0 fully saturated rings. The van der Waals surface area contributed by atoms with Crippen LogP contribution in [-0.2, 0) is 14.3 Å². The van der Waals surface area contributed by atoms with Crippen molar-refractivity contribution >= 4 is 35.0 Å². The first-order valence-corrected chi connectivity index (χ1v) is 9.85. The van der Waals surface area contributed by atoms with E-state index in [0.717, 1.165) is 24.2 Å². The molecule has 0 saturated heterocycles. The van der Waals surface area contributed by atoms with Crippen LogP contribution in [0.2, 0.25) is 10.0 Å². The number of allylic oxidation sites excluding steroid dienone is 3. The highest BCUT2D eigenvalue weighted by Gasteiger charge is 2.42. The lowest BCUT2D eigenvalue weighted by atomic mass is 9.74. The van der Waals surface area contributed by atoms with Crippen LogP contribution in [0.4, 0.5) is 0 Å². The minimum absolute atomic E-state index is 0.0477. The van der Waals surface area contributed by atoms with Crippen LogP contribution in [0, 0.1) is 0 Å². The molecule has 1 unspecified atom stereocenters. The zero-order valence-corrected chi connectivity index (χ0v) is 17.4. The molecule has 1 aromatic rings. The molecule has 0 aromatic heterocycles. The molecular formula is C21H23Cl2NO3.